The molecule has 1 atom stereocenters. The number of amides is 1. The van der Waals surface area contributed by atoms with Crippen LogP contribution in [0.15, 0.2) is 42.6 Å². The molecule has 6 nitrogen and oxygen atoms in total. The maximum Gasteiger partial charge on any atom is 0.287 e. The molecule has 21 heavy (non-hydrogen) atoms. The Morgan fingerprint density at radius 1 is 1.43 bits per heavy atom. The van der Waals surface area contributed by atoms with E-state index in [-0.39, 0.29) is 22.1 Å². The zero-order valence-corrected chi connectivity index (χ0v) is 12.9. The van der Waals surface area contributed by atoms with Gasteiger partial charge in [0.05, 0.1) is 15.9 Å². The van der Waals surface area contributed by atoms with E-state index in [1.54, 1.807) is 7.05 Å². The molecule has 1 aromatic heterocycles. The standard InChI is InChI=1S/C14H14BrN3O3/c1-17-9-11(18(20)21)7-13(17)14(19)16-8-12(15)10-5-3-2-4-6-10/h2-7,9,12H,8H2,1H3,(H,16,19). The molecule has 0 saturated heterocycles. The second-order valence-corrected chi connectivity index (χ2v) is 5.65. The molecule has 0 aliphatic carbocycles. The lowest BCUT2D eigenvalue weighted by Gasteiger charge is -2.11. The SMILES string of the molecule is Cn1cc([N+](=O)[O-])cc1C(=O)NCC(Br)c1ccccc1. The third-order valence-corrected chi connectivity index (χ3v) is 3.89. The van der Waals surface area contributed by atoms with Crippen LogP contribution in [0, 0.1) is 10.1 Å². The van der Waals surface area contributed by atoms with Crippen LogP contribution in [-0.2, 0) is 7.05 Å². The van der Waals surface area contributed by atoms with Gasteiger partial charge in [0.1, 0.15) is 5.69 Å². The number of alkyl halides is 1. The van der Waals surface area contributed by atoms with Gasteiger partial charge in [0.2, 0.25) is 0 Å². The molecule has 1 aromatic carbocycles. The number of nitrogens with one attached hydrogen (secondary N) is 1. The zero-order valence-electron chi connectivity index (χ0n) is 11.3. The summed E-state index contributed by atoms with van der Waals surface area (Å²) in [7, 11) is 1.60. The third-order valence-electron chi connectivity index (χ3n) is 3.04. The van der Waals surface area contributed by atoms with E-state index in [1.807, 2.05) is 30.3 Å². The van der Waals surface area contributed by atoms with Gasteiger partial charge >= 0.3 is 0 Å². The van der Waals surface area contributed by atoms with Crippen molar-refractivity contribution >= 4 is 27.5 Å². The highest BCUT2D eigenvalue weighted by atomic mass is 79.9. The van der Waals surface area contributed by atoms with E-state index >= 15 is 0 Å². The highest BCUT2D eigenvalue weighted by molar-refractivity contribution is 9.09. The normalized spacial score (nSPS) is 11.9. The molecule has 7 heteroatoms. The van der Waals surface area contributed by atoms with Crippen molar-refractivity contribution < 1.29 is 9.72 Å². The van der Waals surface area contributed by atoms with Gasteiger partial charge in [0, 0.05) is 19.7 Å². The molecule has 0 aliphatic rings. The monoisotopic (exact) mass is 351 g/mol. The maximum atomic E-state index is 12.1. The summed E-state index contributed by atoms with van der Waals surface area (Å²) in [5.74, 6) is -0.342. The van der Waals surface area contributed by atoms with Crippen molar-refractivity contribution in [1.82, 2.24) is 9.88 Å². The van der Waals surface area contributed by atoms with Crippen LogP contribution in [0.4, 0.5) is 5.69 Å². The van der Waals surface area contributed by atoms with Crippen molar-refractivity contribution in [3.63, 3.8) is 0 Å². The van der Waals surface area contributed by atoms with Crippen molar-refractivity contribution in [2.75, 3.05) is 6.54 Å². The quantitative estimate of drug-likeness (QED) is 0.511. The molecule has 2 aromatic rings. The number of carbonyl (C=O) groups is 1. The van der Waals surface area contributed by atoms with Gasteiger partial charge in [-0.1, -0.05) is 46.3 Å². The van der Waals surface area contributed by atoms with Gasteiger partial charge in [-0.3, -0.25) is 14.9 Å². The number of hydrogen-bond donors (Lipinski definition) is 1. The number of aromatic nitrogens is 1. The molecular formula is C14H14BrN3O3. The van der Waals surface area contributed by atoms with Gasteiger partial charge in [-0.25, -0.2) is 0 Å². The molecule has 1 N–H and O–H groups in total. The number of aryl methyl sites for hydroxylation is 1. The maximum absolute atomic E-state index is 12.1. The van der Waals surface area contributed by atoms with Crippen LogP contribution >= 0.6 is 15.9 Å². The van der Waals surface area contributed by atoms with Gasteiger partial charge in [0.15, 0.2) is 0 Å². The van der Waals surface area contributed by atoms with Crippen LogP contribution in [0.5, 0.6) is 0 Å². The summed E-state index contributed by atoms with van der Waals surface area (Å²) in [4.78, 5) is 22.2. The van der Waals surface area contributed by atoms with Crippen molar-refractivity contribution in [3.05, 3.63) is 64.0 Å². The molecule has 110 valence electrons. The fraction of sp³-hybridized carbons (Fsp3) is 0.214. The van der Waals surface area contributed by atoms with E-state index in [9.17, 15) is 14.9 Å². The predicted molar refractivity (Wildman–Crippen MR) is 82.5 cm³/mol. The van der Waals surface area contributed by atoms with E-state index < -0.39 is 4.92 Å². The molecule has 2 rings (SSSR count). The molecular weight excluding hydrogens is 338 g/mol. The number of nitro groups is 1. The summed E-state index contributed by atoms with van der Waals surface area (Å²) in [5, 5.41) is 13.5. The molecule has 1 amide bonds. The molecule has 0 bridgehead atoms. The largest absolute Gasteiger partial charge is 0.349 e. The minimum Gasteiger partial charge on any atom is -0.349 e. The van der Waals surface area contributed by atoms with Crippen LogP contribution in [0.3, 0.4) is 0 Å². The number of halogens is 1. The van der Waals surface area contributed by atoms with Crippen molar-refractivity contribution in [3.8, 4) is 0 Å². The molecule has 0 fully saturated rings. The van der Waals surface area contributed by atoms with Crippen molar-refractivity contribution in [2.45, 2.75) is 4.83 Å². The summed E-state index contributed by atoms with van der Waals surface area (Å²) in [6.07, 6.45) is 1.32. The van der Waals surface area contributed by atoms with E-state index in [0.717, 1.165) is 5.56 Å². The number of carbonyl (C=O) groups excluding carboxylic acids is 1. The van der Waals surface area contributed by atoms with E-state index in [2.05, 4.69) is 21.2 Å². The first-order valence-electron chi connectivity index (χ1n) is 6.27. The molecule has 0 radical (unpaired) electrons. The first-order chi connectivity index (χ1) is 9.99. The first kappa shape index (κ1) is 15.2. The van der Waals surface area contributed by atoms with Gasteiger partial charge < -0.3 is 9.88 Å². The lowest BCUT2D eigenvalue weighted by Crippen LogP contribution is -2.28. The smallest absolute Gasteiger partial charge is 0.287 e. The minimum absolute atomic E-state index is 0.0158. The van der Waals surface area contributed by atoms with Crippen LogP contribution in [0.2, 0.25) is 0 Å². The average Bonchev–Trinajstić information content (AvgIpc) is 2.87. The Balaban J connectivity index is 2.00. The number of rotatable bonds is 5. The Morgan fingerprint density at radius 3 is 2.67 bits per heavy atom. The fourth-order valence-corrected chi connectivity index (χ4v) is 2.39. The number of nitrogens with zero attached hydrogens (tertiary/aromatic N) is 2. The summed E-state index contributed by atoms with van der Waals surface area (Å²) < 4.78 is 1.44. The first-order valence-corrected chi connectivity index (χ1v) is 7.18. The van der Waals surface area contributed by atoms with Crippen LogP contribution in [-0.4, -0.2) is 21.9 Å². The minimum atomic E-state index is -0.520. The summed E-state index contributed by atoms with van der Waals surface area (Å²) in [6.45, 7) is 0.391. The molecule has 1 heterocycles. The summed E-state index contributed by atoms with van der Waals surface area (Å²) in [5.41, 5.74) is 1.21. The highest BCUT2D eigenvalue weighted by Crippen LogP contribution is 2.21. The third kappa shape index (κ3) is 3.69. The van der Waals surface area contributed by atoms with Crippen LogP contribution < -0.4 is 5.32 Å². The van der Waals surface area contributed by atoms with E-state index in [1.165, 1.54) is 16.8 Å². The lowest BCUT2D eigenvalue weighted by atomic mass is 10.1. The van der Waals surface area contributed by atoms with Crippen molar-refractivity contribution in [2.24, 2.45) is 7.05 Å². The fourth-order valence-electron chi connectivity index (χ4n) is 1.93. The van der Waals surface area contributed by atoms with Gasteiger partial charge in [0.25, 0.3) is 11.6 Å². The van der Waals surface area contributed by atoms with Crippen LogP contribution in [0.25, 0.3) is 0 Å². The second kappa shape index (κ2) is 6.53. The van der Waals surface area contributed by atoms with E-state index in [4.69, 9.17) is 0 Å². The predicted octanol–water partition coefficient (Wildman–Crippen LogP) is 2.80. The Bertz CT molecular complexity index is 655. The average molecular weight is 352 g/mol. The molecule has 0 spiro atoms. The Kier molecular flexibility index (Phi) is 4.74. The Hall–Kier alpha value is -2.15. The Labute approximate surface area is 130 Å². The lowest BCUT2D eigenvalue weighted by molar-refractivity contribution is -0.384. The summed E-state index contributed by atoms with van der Waals surface area (Å²) >= 11 is 3.50. The van der Waals surface area contributed by atoms with Gasteiger partial charge in [-0.2, -0.15) is 0 Å². The molecule has 0 aliphatic heterocycles. The molecule has 0 saturated carbocycles. The topological polar surface area (TPSA) is 77.2 Å². The van der Waals surface area contributed by atoms with Crippen LogP contribution in [0.1, 0.15) is 20.9 Å². The zero-order chi connectivity index (χ0) is 15.4. The number of benzene rings is 1. The molecule has 1 unspecified atom stereocenters. The summed E-state index contributed by atoms with van der Waals surface area (Å²) in [6, 6.07) is 10.9. The van der Waals surface area contributed by atoms with Crippen molar-refractivity contribution in [1.29, 1.82) is 0 Å². The van der Waals surface area contributed by atoms with E-state index in [0.29, 0.717) is 6.54 Å². The second-order valence-electron chi connectivity index (χ2n) is 4.54. The number of hydrogen-bond acceptors (Lipinski definition) is 3. The Morgan fingerprint density at radius 2 is 2.10 bits per heavy atom. The van der Waals surface area contributed by atoms with Gasteiger partial charge in [-0.15, -0.1) is 0 Å². The highest BCUT2D eigenvalue weighted by Gasteiger charge is 2.18. The van der Waals surface area contributed by atoms with Gasteiger partial charge in [-0.05, 0) is 5.56 Å².